The number of fused-ring (bicyclic) bond motifs is 2. The average molecular weight is 353 g/mol. The van der Waals surface area contributed by atoms with E-state index in [-0.39, 0.29) is 17.5 Å². The number of hydrogen-bond donors (Lipinski definition) is 1. The van der Waals surface area contributed by atoms with Crippen molar-refractivity contribution in [3.63, 3.8) is 0 Å². The molecule has 5 heterocycles. The summed E-state index contributed by atoms with van der Waals surface area (Å²) in [5.74, 6) is -0.349. The van der Waals surface area contributed by atoms with Crippen LogP contribution in [0.5, 0.6) is 0 Å². The van der Waals surface area contributed by atoms with Crippen molar-refractivity contribution >= 4 is 16.8 Å². The molecule has 1 aliphatic rings. The van der Waals surface area contributed by atoms with Crippen LogP contribution in [-0.4, -0.2) is 37.1 Å². The van der Waals surface area contributed by atoms with Crippen molar-refractivity contribution in [3.8, 4) is 11.4 Å². The summed E-state index contributed by atoms with van der Waals surface area (Å²) in [7, 11) is 0. The summed E-state index contributed by atoms with van der Waals surface area (Å²) in [5.41, 5.74) is 3.07. The molecule has 5 rings (SSSR count). The van der Waals surface area contributed by atoms with E-state index in [1.54, 1.807) is 27.3 Å². The van der Waals surface area contributed by atoms with E-state index in [1.807, 2.05) is 6.07 Å². The van der Waals surface area contributed by atoms with E-state index in [0.29, 0.717) is 41.4 Å². The molecule has 0 aliphatic carbocycles. The lowest BCUT2D eigenvalue weighted by Gasteiger charge is -2.22. The molecule has 0 aromatic carbocycles. The van der Waals surface area contributed by atoms with Crippen LogP contribution in [0.15, 0.2) is 41.5 Å². The molecule has 4 aromatic rings. The van der Waals surface area contributed by atoms with Crippen LogP contribution in [0.2, 0.25) is 0 Å². The van der Waals surface area contributed by atoms with Crippen LogP contribution in [-0.2, 0) is 4.74 Å². The minimum absolute atomic E-state index is 0.0624. The fraction of sp³-hybridized carbons (Fsp3) is 0.278. The molecule has 132 valence electrons. The van der Waals surface area contributed by atoms with Gasteiger partial charge < -0.3 is 9.72 Å². The minimum Gasteiger partial charge on any atom is -0.381 e. The Bertz CT molecular complexity index is 1170. The van der Waals surface area contributed by atoms with E-state index in [9.17, 15) is 9.18 Å². The molecule has 0 radical (unpaired) electrons. The molecule has 0 spiro atoms. The van der Waals surface area contributed by atoms with Crippen LogP contribution in [0.4, 0.5) is 4.39 Å². The second kappa shape index (κ2) is 5.77. The monoisotopic (exact) mass is 353 g/mol. The molecule has 1 saturated heterocycles. The van der Waals surface area contributed by atoms with Gasteiger partial charge in [-0.25, -0.2) is 19.2 Å². The fourth-order valence-corrected chi connectivity index (χ4v) is 3.57. The third kappa shape index (κ3) is 2.33. The highest BCUT2D eigenvalue weighted by atomic mass is 19.1. The highest BCUT2D eigenvalue weighted by Crippen LogP contribution is 2.25. The van der Waals surface area contributed by atoms with Crippen molar-refractivity contribution in [2.45, 2.75) is 18.9 Å². The largest absolute Gasteiger partial charge is 0.381 e. The summed E-state index contributed by atoms with van der Waals surface area (Å²) in [6, 6.07) is 6.69. The smallest absolute Gasteiger partial charge is 0.327 e. The normalized spacial score (nSPS) is 15.9. The van der Waals surface area contributed by atoms with Crippen LogP contribution in [0.1, 0.15) is 18.9 Å². The standard InChI is InChI=1S/C18H16FN5O2/c19-11-1-4-16-20-9-15(23(16)10-11)13-2-3-14-17(21-13)24(18(25)22-14)12-5-7-26-8-6-12/h1-4,9-10,12H,5-8H2,(H,22,25). The SMILES string of the molecule is O=c1[nH]c2ccc(-c3cnc4ccc(F)cn34)nc2n1C1CCOCC1. The number of imidazole rings is 2. The highest BCUT2D eigenvalue weighted by molar-refractivity contribution is 5.75. The number of aromatic amines is 1. The molecule has 8 heteroatoms. The van der Waals surface area contributed by atoms with E-state index in [0.717, 1.165) is 12.8 Å². The quantitative estimate of drug-likeness (QED) is 0.601. The van der Waals surface area contributed by atoms with Gasteiger partial charge in [-0.1, -0.05) is 0 Å². The summed E-state index contributed by atoms with van der Waals surface area (Å²) in [5, 5.41) is 0. The number of rotatable bonds is 2. The number of nitrogens with one attached hydrogen (secondary N) is 1. The third-order valence-electron chi connectivity index (χ3n) is 4.85. The number of H-pyrrole nitrogens is 1. The molecule has 0 atom stereocenters. The van der Waals surface area contributed by atoms with Crippen molar-refractivity contribution < 1.29 is 9.13 Å². The summed E-state index contributed by atoms with van der Waals surface area (Å²) in [4.78, 5) is 24.3. The number of pyridine rings is 2. The van der Waals surface area contributed by atoms with Crippen molar-refractivity contribution in [2.75, 3.05) is 13.2 Å². The van der Waals surface area contributed by atoms with Gasteiger partial charge in [0.2, 0.25) is 0 Å². The number of nitrogens with zero attached hydrogens (tertiary/aromatic N) is 4. The molecule has 1 N–H and O–H groups in total. The van der Waals surface area contributed by atoms with Gasteiger partial charge in [0.1, 0.15) is 11.5 Å². The molecule has 0 amide bonds. The zero-order chi connectivity index (χ0) is 17.7. The van der Waals surface area contributed by atoms with Gasteiger partial charge in [0.05, 0.1) is 23.1 Å². The molecule has 1 aliphatic heterocycles. The Kier molecular flexibility index (Phi) is 3.39. The summed E-state index contributed by atoms with van der Waals surface area (Å²) in [6.45, 7) is 1.27. The first-order valence-electron chi connectivity index (χ1n) is 8.53. The third-order valence-corrected chi connectivity index (χ3v) is 4.85. The van der Waals surface area contributed by atoms with Gasteiger partial charge in [0.25, 0.3) is 0 Å². The van der Waals surface area contributed by atoms with Gasteiger partial charge in [-0.3, -0.25) is 8.97 Å². The van der Waals surface area contributed by atoms with Gasteiger partial charge in [-0.05, 0) is 37.1 Å². The lowest BCUT2D eigenvalue weighted by atomic mass is 10.1. The lowest BCUT2D eigenvalue weighted by molar-refractivity contribution is 0.0697. The average Bonchev–Trinajstić information content (AvgIpc) is 3.21. The Hall–Kier alpha value is -3.00. The van der Waals surface area contributed by atoms with Gasteiger partial charge in [0, 0.05) is 25.5 Å². The Balaban J connectivity index is 1.69. The second-order valence-electron chi connectivity index (χ2n) is 6.43. The van der Waals surface area contributed by atoms with Crippen LogP contribution in [0, 0.1) is 5.82 Å². The van der Waals surface area contributed by atoms with Crippen LogP contribution in [0.3, 0.4) is 0 Å². The molecule has 0 unspecified atom stereocenters. The first-order chi connectivity index (χ1) is 12.7. The molecular weight excluding hydrogens is 337 g/mol. The topological polar surface area (TPSA) is 77.2 Å². The molecule has 7 nitrogen and oxygen atoms in total. The van der Waals surface area contributed by atoms with Crippen LogP contribution < -0.4 is 5.69 Å². The van der Waals surface area contributed by atoms with Gasteiger partial charge in [-0.15, -0.1) is 0 Å². The van der Waals surface area contributed by atoms with Gasteiger partial charge >= 0.3 is 5.69 Å². The number of halogens is 1. The molecule has 4 aromatic heterocycles. The van der Waals surface area contributed by atoms with Crippen LogP contribution in [0.25, 0.3) is 28.2 Å². The number of ether oxygens (including phenoxy) is 1. The predicted octanol–water partition coefficient (Wildman–Crippen LogP) is 2.53. The summed E-state index contributed by atoms with van der Waals surface area (Å²) in [6.07, 6.45) is 4.60. The predicted molar refractivity (Wildman–Crippen MR) is 93.6 cm³/mol. The van der Waals surface area contributed by atoms with Crippen molar-refractivity contribution in [2.24, 2.45) is 0 Å². The van der Waals surface area contributed by atoms with Gasteiger partial charge in [-0.2, -0.15) is 0 Å². The fourth-order valence-electron chi connectivity index (χ4n) is 3.57. The van der Waals surface area contributed by atoms with E-state index >= 15 is 0 Å². The zero-order valence-corrected chi connectivity index (χ0v) is 13.9. The lowest BCUT2D eigenvalue weighted by Crippen LogP contribution is -2.27. The van der Waals surface area contributed by atoms with Crippen LogP contribution >= 0.6 is 0 Å². The first kappa shape index (κ1) is 15.3. The maximum atomic E-state index is 13.6. The highest BCUT2D eigenvalue weighted by Gasteiger charge is 2.21. The molecular formula is C18H16FN5O2. The summed E-state index contributed by atoms with van der Waals surface area (Å²) >= 11 is 0. The van der Waals surface area contributed by atoms with E-state index < -0.39 is 0 Å². The first-order valence-corrected chi connectivity index (χ1v) is 8.53. The Morgan fingerprint density at radius 1 is 1.19 bits per heavy atom. The summed E-state index contributed by atoms with van der Waals surface area (Å²) < 4.78 is 22.4. The van der Waals surface area contributed by atoms with Crippen molar-refractivity contribution in [3.05, 3.63) is 53.0 Å². The Labute approximate surface area is 147 Å². The van der Waals surface area contributed by atoms with E-state index in [2.05, 4.69) is 9.97 Å². The molecule has 0 saturated carbocycles. The molecule has 1 fully saturated rings. The molecule has 26 heavy (non-hydrogen) atoms. The van der Waals surface area contributed by atoms with E-state index in [1.165, 1.54) is 12.3 Å². The Morgan fingerprint density at radius 3 is 2.88 bits per heavy atom. The van der Waals surface area contributed by atoms with Gasteiger partial charge in [0.15, 0.2) is 5.65 Å². The van der Waals surface area contributed by atoms with Crippen molar-refractivity contribution in [1.82, 2.24) is 23.9 Å². The number of hydrogen-bond acceptors (Lipinski definition) is 4. The maximum Gasteiger partial charge on any atom is 0.327 e. The van der Waals surface area contributed by atoms with E-state index in [4.69, 9.17) is 9.72 Å². The Morgan fingerprint density at radius 2 is 2.04 bits per heavy atom. The number of aromatic nitrogens is 5. The minimum atomic E-state index is -0.349. The second-order valence-corrected chi connectivity index (χ2v) is 6.43. The maximum absolute atomic E-state index is 13.6. The molecule has 0 bridgehead atoms. The van der Waals surface area contributed by atoms with Crippen molar-refractivity contribution in [1.29, 1.82) is 0 Å². The zero-order valence-electron chi connectivity index (χ0n) is 13.9.